The molecule has 0 aliphatic rings. The van der Waals surface area contributed by atoms with Crippen LogP contribution in [0.4, 0.5) is 4.39 Å². The first kappa shape index (κ1) is 14.7. The molecule has 0 saturated heterocycles. The van der Waals surface area contributed by atoms with Gasteiger partial charge < -0.3 is 5.32 Å². The van der Waals surface area contributed by atoms with E-state index in [0.29, 0.717) is 12.0 Å². The molecule has 1 rings (SSSR count). The van der Waals surface area contributed by atoms with E-state index in [1.165, 1.54) is 6.07 Å². The van der Waals surface area contributed by atoms with Crippen LogP contribution in [-0.2, 0) is 6.42 Å². The molecule has 2 unspecified atom stereocenters. The highest BCUT2D eigenvalue weighted by Crippen LogP contribution is 2.22. The molecular weight excluding hydrogens is 281 g/mol. The van der Waals surface area contributed by atoms with Crippen molar-refractivity contribution in [3.8, 4) is 0 Å². The molecule has 0 saturated carbocycles. The molecule has 0 aliphatic carbocycles. The van der Waals surface area contributed by atoms with Gasteiger partial charge in [0.05, 0.1) is 0 Å². The van der Waals surface area contributed by atoms with Gasteiger partial charge in [0.2, 0.25) is 0 Å². The van der Waals surface area contributed by atoms with Gasteiger partial charge in [-0.15, -0.1) is 0 Å². The molecule has 1 aromatic carbocycles. The molecule has 96 valence electrons. The van der Waals surface area contributed by atoms with Crippen molar-refractivity contribution in [3.63, 3.8) is 0 Å². The van der Waals surface area contributed by atoms with Crippen molar-refractivity contribution >= 4 is 15.9 Å². The largest absolute Gasteiger partial charge is 0.314 e. The van der Waals surface area contributed by atoms with E-state index < -0.39 is 0 Å². The van der Waals surface area contributed by atoms with Crippen LogP contribution in [0.5, 0.6) is 0 Å². The van der Waals surface area contributed by atoms with Crippen molar-refractivity contribution in [3.05, 3.63) is 34.1 Å². The maximum atomic E-state index is 13.2. The first-order chi connectivity index (χ1) is 8.04. The predicted molar refractivity (Wildman–Crippen MR) is 74.7 cm³/mol. The van der Waals surface area contributed by atoms with Gasteiger partial charge in [0.1, 0.15) is 5.82 Å². The first-order valence-corrected chi connectivity index (χ1v) is 7.01. The van der Waals surface area contributed by atoms with Crippen LogP contribution in [0.3, 0.4) is 0 Å². The Balaban J connectivity index is 2.60. The number of benzene rings is 1. The van der Waals surface area contributed by atoms with Crippen molar-refractivity contribution in [2.75, 3.05) is 6.54 Å². The average Bonchev–Trinajstić information content (AvgIpc) is 2.30. The van der Waals surface area contributed by atoms with Crippen molar-refractivity contribution in [2.24, 2.45) is 5.92 Å². The van der Waals surface area contributed by atoms with E-state index in [1.54, 1.807) is 12.1 Å². The summed E-state index contributed by atoms with van der Waals surface area (Å²) in [6.07, 6.45) is 2.02. The fourth-order valence-corrected chi connectivity index (χ4v) is 2.21. The highest BCUT2D eigenvalue weighted by molar-refractivity contribution is 9.10. The third kappa shape index (κ3) is 4.76. The van der Waals surface area contributed by atoms with Crippen molar-refractivity contribution in [2.45, 2.75) is 39.7 Å². The molecule has 17 heavy (non-hydrogen) atoms. The van der Waals surface area contributed by atoms with E-state index in [1.807, 2.05) is 0 Å². The fraction of sp³-hybridized carbons (Fsp3) is 0.571. The van der Waals surface area contributed by atoms with E-state index in [4.69, 9.17) is 0 Å². The Bertz CT molecular complexity index is 354. The lowest BCUT2D eigenvalue weighted by atomic mass is 9.95. The summed E-state index contributed by atoms with van der Waals surface area (Å²) in [5.74, 6) is 0.323. The van der Waals surface area contributed by atoms with Crippen LogP contribution in [0.15, 0.2) is 22.7 Å². The van der Waals surface area contributed by atoms with E-state index in [9.17, 15) is 4.39 Å². The maximum Gasteiger partial charge on any atom is 0.123 e. The molecule has 0 radical (unpaired) electrons. The van der Waals surface area contributed by atoms with Gasteiger partial charge in [-0.25, -0.2) is 4.39 Å². The summed E-state index contributed by atoms with van der Waals surface area (Å²) in [4.78, 5) is 0. The average molecular weight is 302 g/mol. The monoisotopic (exact) mass is 301 g/mol. The summed E-state index contributed by atoms with van der Waals surface area (Å²) in [7, 11) is 0. The van der Waals surface area contributed by atoms with Crippen LogP contribution in [0.2, 0.25) is 0 Å². The van der Waals surface area contributed by atoms with E-state index >= 15 is 0 Å². The zero-order chi connectivity index (χ0) is 12.8. The summed E-state index contributed by atoms with van der Waals surface area (Å²) < 4.78 is 14.2. The van der Waals surface area contributed by atoms with Gasteiger partial charge in [-0.05, 0) is 56.0 Å². The van der Waals surface area contributed by atoms with Gasteiger partial charge in [0.25, 0.3) is 0 Å². The van der Waals surface area contributed by atoms with Crippen LogP contribution in [0, 0.1) is 11.7 Å². The molecule has 0 fully saturated rings. The molecule has 0 aromatic heterocycles. The maximum absolute atomic E-state index is 13.2. The second kappa shape index (κ2) is 7.12. The van der Waals surface area contributed by atoms with E-state index in [0.717, 1.165) is 29.4 Å². The van der Waals surface area contributed by atoms with Crippen LogP contribution < -0.4 is 5.32 Å². The third-order valence-corrected chi connectivity index (χ3v) is 3.89. The van der Waals surface area contributed by atoms with Crippen molar-refractivity contribution in [1.29, 1.82) is 0 Å². The topological polar surface area (TPSA) is 12.0 Å². The third-order valence-electron chi connectivity index (χ3n) is 3.12. The number of halogens is 2. The van der Waals surface area contributed by atoms with Gasteiger partial charge in [-0.3, -0.25) is 0 Å². The standard InChI is InChI=1S/C14H21BrFN/c1-4-7-17-11(3)10(2)8-12-9-13(16)5-6-14(12)15/h5-6,9-11,17H,4,7-8H2,1-3H3. The Labute approximate surface area is 112 Å². The first-order valence-electron chi connectivity index (χ1n) is 6.22. The molecule has 3 heteroatoms. The lowest BCUT2D eigenvalue weighted by molar-refractivity contribution is 0.398. The molecule has 1 N–H and O–H groups in total. The van der Waals surface area contributed by atoms with Gasteiger partial charge in [-0.1, -0.05) is 29.8 Å². The highest BCUT2D eigenvalue weighted by atomic mass is 79.9. The summed E-state index contributed by atoms with van der Waals surface area (Å²) in [6, 6.07) is 5.33. The molecule has 0 heterocycles. The van der Waals surface area contributed by atoms with Crippen molar-refractivity contribution in [1.82, 2.24) is 5.32 Å². The number of rotatable bonds is 6. The molecule has 0 aliphatic heterocycles. The lowest BCUT2D eigenvalue weighted by Crippen LogP contribution is -2.33. The van der Waals surface area contributed by atoms with Crippen LogP contribution in [-0.4, -0.2) is 12.6 Å². The summed E-state index contributed by atoms with van der Waals surface area (Å²) in [5.41, 5.74) is 1.04. The summed E-state index contributed by atoms with van der Waals surface area (Å²) >= 11 is 3.47. The fourth-order valence-electron chi connectivity index (χ4n) is 1.80. The van der Waals surface area contributed by atoms with Gasteiger partial charge in [0.15, 0.2) is 0 Å². The highest BCUT2D eigenvalue weighted by Gasteiger charge is 2.13. The SMILES string of the molecule is CCCNC(C)C(C)Cc1cc(F)ccc1Br. The molecule has 1 aromatic rings. The van der Waals surface area contributed by atoms with E-state index in [2.05, 4.69) is 42.0 Å². The Morgan fingerprint density at radius 3 is 2.71 bits per heavy atom. The van der Waals surface area contributed by atoms with Gasteiger partial charge in [-0.2, -0.15) is 0 Å². The van der Waals surface area contributed by atoms with Gasteiger partial charge in [0, 0.05) is 10.5 Å². The quantitative estimate of drug-likeness (QED) is 0.832. The molecule has 0 bridgehead atoms. The van der Waals surface area contributed by atoms with Crippen LogP contribution >= 0.6 is 15.9 Å². The minimum Gasteiger partial charge on any atom is -0.314 e. The van der Waals surface area contributed by atoms with Crippen LogP contribution in [0.1, 0.15) is 32.8 Å². The zero-order valence-electron chi connectivity index (χ0n) is 10.8. The second-order valence-corrected chi connectivity index (χ2v) is 5.51. The summed E-state index contributed by atoms with van der Waals surface area (Å²) in [5, 5.41) is 3.48. The molecule has 0 amide bonds. The van der Waals surface area contributed by atoms with Crippen molar-refractivity contribution < 1.29 is 4.39 Å². The van der Waals surface area contributed by atoms with Gasteiger partial charge >= 0.3 is 0 Å². The predicted octanol–water partition coefficient (Wildman–Crippen LogP) is 4.15. The number of hydrogen-bond acceptors (Lipinski definition) is 1. The van der Waals surface area contributed by atoms with Crippen LogP contribution in [0.25, 0.3) is 0 Å². The number of hydrogen-bond donors (Lipinski definition) is 1. The second-order valence-electron chi connectivity index (χ2n) is 4.66. The Hall–Kier alpha value is -0.410. The minimum atomic E-state index is -0.162. The Morgan fingerprint density at radius 2 is 2.06 bits per heavy atom. The Morgan fingerprint density at radius 1 is 1.35 bits per heavy atom. The lowest BCUT2D eigenvalue weighted by Gasteiger charge is -2.21. The summed E-state index contributed by atoms with van der Waals surface area (Å²) in [6.45, 7) is 7.58. The molecule has 1 nitrogen and oxygen atoms in total. The molecule has 2 atom stereocenters. The van der Waals surface area contributed by atoms with E-state index in [-0.39, 0.29) is 5.82 Å². The molecular formula is C14H21BrFN. The smallest absolute Gasteiger partial charge is 0.123 e. The number of nitrogens with one attached hydrogen (secondary N) is 1. The minimum absolute atomic E-state index is 0.162. The normalized spacial score (nSPS) is 14.6. The zero-order valence-corrected chi connectivity index (χ0v) is 12.3. The molecule has 0 spiro atoms. The Kier molecular flexibility index (Phi) is 6.14.